The fraction of sp³-hybridized carbons (Fsp3) is 0.0476. The number of aromatic nitrogens is 1. The average Bonchev–Trinajstić information content (AvgIpc) is 3.02. The molecule has 0 amide bonds. The van der Waals surface area contributed by atoms with E-state index in [1.54, 1.807) is 24.3 Å². The molecule has 0 aliphatic carbocycles. The van der Waals surface area contributed by atoms with Gasteiger partial charge in [0.1, 0.15) is 11.6 Å². The van der Waals surface area contributed by atoms with Crippen LogP contribution < -0.4 is 0 Å². The largest absolute Gasteiger partial charge is 0.268 e. The second-order valence-electron chi connectivity index (χ2n) is 6.30. The van der Waals surface area contributed by atoms with Crippen LogP contribution in [0.4, 0.5) is 8.78 Å². The van der Waals surface area contributed by atoms with Gasteiger partial charge in [0, 0.05) is 22.7 Å². The molecule has 0 bridgehead atoms. The third-order valence-electron chi connectivity index (χ3n) is 4.47. The van der Waals surface area contributed by atoms with Gasteiger partial charge < -0.3 is 0 Å². The Morgan fingerprint density at radius 2 is 1.56 bits per heavy atom. The summed E-state index contributed by atoms with van der Waals surface area (Å²) >= 11 is 0. The van der Waals surface area contributed by atoms with Gasteiger partial charge in [-0.15, -0.1) is 0 Å². The van der Waals surface area contributed by atoms with Crippen LogP contribution in [0, 0.1) is 18.6 Å². The molecule has 0 aliphatic heterocycles. The summed E-state index contributed by atoms with van der Waals surface area (Å²) in [5.41, 5.74) is 1.75. The molecule has 0 aliphatic rings. The standard InChI is InChI=1S/C21H15F2NO2S/c1-14-6-9-16(10-7-14)27(25,26)24-13-19(17-4-2-3-5-20(17)23)18-12-15(22)8-11-21(18)24/h2-13H,1H3. The first-order valence-corrected chi connectivity index (χ1v) is 9.70. The minimum atomic E-state index is -3.92. The van der Waals surface area contributed by atoms with Gasteiger partial charge in [-0.1, -0.05) is 35.9 Å². The smallest absolute Gasteiger partial charge is 0.241 e. The van der Waals surface area contributed by atoms with Gasteiger partial charge in [-0.2, -0.15) is 0 Å². The molecule has 4 rings (SSSR count). The zero-order valence-corrected chi connectivity index (χ0v) is 15.2. The molecule has 0 atom stereocenters. The van der Waals surface area contributed by atoms with Gasteiger partial charge in [-0.25, -0.2) is 21.2 Å². The van der Waals surface area contributed by atoms with Gasteiger partial charge in [0.15, 0.2) is 0 Å². The zero-order valence-electron chi connectivity index (χ0n) is 14.4. The Labute approximate surface area is 155 Å². The van der Waals surface area contributed by atoms with Crippen molar-refractivity contribution in [3.63, 3.8) is 0 Å². The van der Waals surface area contributed by atoms with Crippen molar-refractivity contribution in [2.75, 3.05) is 0 Å². The molecule has 3 nitrogen and oxygen atoms in total. The van der Waals surface area contributed by atoms with Crippen molar-refractivity contribution in [2.24, 2.45) is 0 Å². The molecule has 27 heavy (non-hydrogen) atoms. The van der Waals surface area contributed by atoms with E-state index in [2.05, 4.69) is 0 Å². The maximum Gasteiger partial charge on any atom is 0.268 e. The van der Waals surface area contributed by atoms with E-state index in [0.717, 1.165) is 9.54 Å². The fourth-order valence-electron chi connectivity index (χ4n) is 3.09. The second kappa shape index (κ2) is 6.32. The quantitative estimate of drug-likeness (QED) is 0.492. The highest BCUT2D eigenvalue weighted by atomic mass is 32.2. The van der Waals surface area contributed by atoms with E-state index in [1.807, 2.05) is 6.92 Å². The van der Waals surface area contributed by atoms with E-state index in [1.165, 1.54) is 48.7 Å². The van der Waals surface area contributed by atoms with Crippen LogP contribution in [0.1, 0.15) is 5.56 Å². The van der Waals surface area contributed by atoms with E-state index in [4.69, 9.17) is 0 Å². The lowest BCUT2D eigenvalue weighted by atomic mass is 10.0. The summed E-state index contributed by atoms with van der Waals surface area (Å²) in [6, 6.07) is 16.3. The molecule has 6 heteroatoms. The lowest BCUT2D eigenvalue weighted by Gasteiger charge is -2.08. The summed E-state index contributed by atoms with van der Waals surface area (Å²) in [6.45, 7) is 1.86. The van der Waals surface area contributed by atoms with Crippen molar-refractivity contribution in [1.82, 2.24) is 3.97 Å². The summed E-state index contributed by atoms with van der Waals surface area (Å²) in [4.78, 5) is 0.106. The number of benzene rings is 3. The van der Waals surface area contributed by atoms with Gasteiger partial charge in [0.25, 0.3) is 10.0 Å². The third-order valence-corrected chi connectivity index (χ3v) is 6.16. The normalized spacial score (nSPS) is 11.8. The van der Waals surface area contributed by atoms with E-state index < -0.39 is 21.7 Å². The topological polar surface area (TPSA) is 39.1 Å². The maximum absolute atomic E-state index is 14.3. The van der Waals surface area contributed by atoms with Gasteiger partial charge in [0.2, 0.25) is 0 Å². The SMILES string of the molecule is Cc1ccc(S(=O)(=O)n2cc(-c3ccccc3F)c3cc(F)ccc32)cc1. The Kier molecular flexibility index (Phi) is 4.08. The zero-order chi connectivity index (χ0) is 19.2. The maximum atomic E-state index is 14.3. The third kappa shape index (κ3) is 2.92. The van der Waals surface area contributed by atoms with Crippen LogP contribution in [0.25, 0.3) is 22.0 Å². The van der Waals surface area contributed by atoms with Gasteiger partial charge in [-0.3, -0.25) is 0 Å². The van der Waals surface area contributed by atoms with Crippen molar-refractivity contribution in [3.05, 3.63) is 90.1 Å². The number of halogens is 2. The molecule has 0 unspecified atom stereocenters. The molecular weight excluding hydrogens is 368 g/mol. The first kappa shape index (κ1) is 17.4. The van der Waals surface area contributed by atoms with Crippen LogP contribution in [0.15, 0.2) is 77.8 Å². The van der Waals surface area contributed by atoms with Crippen LogP contribution >= 0.6 is 0 Å². The highest BCUT2D eigenvalue weighted by molar-refractivity contribution is 7.90. The van der Waals surface area contributed by atoms with Gasteiger partial charge >= 0.3 is 0 Å². The molecule has 0 saturated heterocycles. The highest BCUT2D eigenvalue weighted by Crippen LogP contribution is 2.34. The van der Waals surface area contributed by atoms with Crippen molar-refractivity contribution < 1.29 is 17.2 Å². The van der Waals surface area contributed by atoms with Crippen LogP contribution in [0.5, 0.6) is 0 Å². The molecule has 0 spiro atoms. The molecule has 3 aromatic carbocycles. The second-order valence-corrected chi connectivity index (χ2v) is 8.11. The Balaban J connectivity index is 2.03. The van der Waals surface area contributed by atoms with Crippen molar-refractivity contribution in [2.45, 2.75) is 11.8 Å². The lowest BCUT2D eigenvalue weighted by molar-refractivity contribution is 0.589. The van der Waals surface area contributed by atoms with Crippen LogP contribution in [0.3, 0.4) is 0 Å². The summed E-state index contributed by atoms with van der Waals surface area (Å²) in [6.07, 6.45) is 1.34. The van der Waals surface area contributed by atoms with E-state index >= 15 is 0 Å². The van der Waals surface area contributed by atoms with Crippen LogP contribution in [-0.4, -0.2) is 12.4 Å². The number of fused-ring (bicyclic) bond motifs is 1. The summed E-state index contributed by atoms with van der Waals surface area (Å²) in [5, 5.41) is 0.329. The van der Waals surface area contributed by atoms with Gasteiger partial charge in [0.05, 0.1) is 10.4 Å². The Hall–Kier alpha value is -2.99. The van der Waals surface area contributed by atoms with Crippen LogP contribution in [0.2, 0.25) is 0 Å². The molecule has 0 saturated carbocycles. The Morgan fingerprint density at radius 1 is 0.852 bits per heavy atom. The monoisotopic (exact) mass is 383 g/mol. The summed E-state index contributed by atoms with van der Waals surface area (Å²) in [7, 11) is -3.92. The molecule has 4 aromatic rings. The van der Waals surface area contributed by atoms with E-state index in [0.29, 0.717) is 10.9 Å². The predicted octanol–water partition coefficient (Wildman–Crippen LogP) is 5.13. The van der Waals surface area contributed by atoms with Crippen LogP contribution in [-0.2, 0) is 10.0 Å². The number of rotatable bonds is 3. The van der Waals surface area contributed by atoms with E-state index in [9.17, 15) is 17.2 Å². The molecule has 1 aromatic heterocycles. The summed E-state index contributed by atoms with van der Waals surface area (Å²) < 4.78 is 55.6. The molecule has 0 fully saturated rings. The molecule has 1 heterocycles. The summed E-state index contributed by atoms with van der Waals surface area (Å²) in [5.74, 6) is -1.03. The molecular formula is C21H15F2NO2S. The highest BCUT2D eigenvalue weighted by Gasteiger charge is 2.23. The first-order chi connectivity index (χ1) is 12.9. The number of aryl methyl sites for hydroxylation is 1. The predicted molar refractivity (Wildman–Crippen MR) is 101 cm³/mol. The number of nitrogens with zero attached hydrogens (tertiary/aromatic N) is 1. The first-order valence-electron chi connectivity index (χ1n) is 8.26. The lowest BCUT2D eigenvalue weighted by Crippen LogP contribution is -2.11. The molecule has 0 radical (unpaired) electrons. The Morgan fingerprint density at radius 3 is 2.26 bits per heavy atom. The minimum Gasteiger partial charge on any atom is -0.241 e. The van der Waals surface area contributed by atoms with Gasteiger partial charge in [-0.05, 0) is 43.3 Å². The number of hydrogen-bond donors (Lipinski definition) is 0. The Bertz CT molecular complexity index is 1260. The van der Waals surface area contributed by atoms with E-state index in [-0.39, 0.29) is 16.0 Å². The molecule has 0 N–H and O–H groups in total. The van der Waals surface area contributed by atoms with Crippen molar-refractivity contribution in [3.8, 4) is 11.1 Å². The number of hydrogen-bond acceptors (Lipinski definition) is 2. The average molecular weight is 383 g/mol. The fourth-order valence-corrected chi connectivity index (χ4v) is 4.46. The minimum absolute atomic E-state index is 0.106. The van der Waals surface area contributed by atoms with Crippen molar-refractivity contribution in [1.29, 1.82) is 0 Å². The van der Waals surface area contributed by atoms with Crippen molar-refractivity contribution >= 4 is 20.9 Å². The molecule has 136 valence electrons.